The van der Waals surface area contributed by atoms with Gasteiger partial charge >= 0.3 is 0 Å². The van der Waals surface area contributed by atoms with Crippen molar-refractivity contribution in [3.63, 3.8) is 0 Å². The molecule has 0 aliphatic heterocycles. The predicted octanol–water partition coefficient (Wildman–Crippen LogP) is 37.7. The van der Waals surface area contributed by atoms with Crippen molar-refractivity contribution in [3.05, 3.63) is 103 Å². The van der Waals surface area contributed by atoms with Crippen LogP contribution in [0.15, 0.2) is 53.9 Å². The lowest BCUT2D eigenvalue weighted by atomic mass is 10.0. The van der Waals surface area contributed by atoms with Crippen molar-refractivity contribution in [2.24, 2.45) is 0 Å². The van der Waals surface area contributed by atoms with Gasteiger partial charge in [0.2, 0.25) is 0 Å². The van der Waals surface area contributed by atoms with Crippen molar-refractivity contribution in [3.8, 4) is 68.3 Å². The van der Waals surface area contributed by atoms with E-state index in [-0.39, 0.29) is 0 Å². The first-order valence-corrected chi connectivity index (χ1v) is 51.4. The minimum atomic E-state index is 1.02. The lowest BCUT2D eigenvalue weighted by molar-refractivity contribution is 0.607. The number of aryl methyl sites for hydroxylation is 8. The molecule has 0 radical (unpaired) electrons. The summed E-state index contributed by atoms with van der Waals surface area (Å²) in [4.78, 5) is 21.5. The van der Waals surface area contributed by atoms with Crippen LogP contribution in [0.3, 0.4) is 0 Å². The molecule has 0 atom stereocenters. The topological polar surface area (TPSA) is 0 Å². The Labute approximate surface area is 682 Å². The van der Waals surface area contributed by atoms with E-state index in [0.717, 1.165) is 17.2 Å². The Hall–Kier alpha value is -2.11. The third-order valence-electron chi connectivity index (χ3n) is 22.3. The van der Waals surface area contributed by atoms with Gasteiger partial charge < -0.3 is 0 Å². The van der Waals surface area contributed by atoms with Crippen molar-refractivity contribution in [1.29, 1.82) is 0 Å². The highest BCUT2D eigenvalue weighted by Crippen LogP contribution is 2.54. The monoisotopic (exact) mass is 1590 g/mol. The van der Waals surface area contributed by atoms with E-state index in [1.54, 1.807) is 68.2 Å². The fourth-order valence-electron chi connectivity index (χ4n) is 15.8. The first kappa shape index (κ1) is 88.5. The SMILES string of the molecule is CCCCCCCCc1cc(-c2sc(-c3sc(-c4sc(-c5sc(-c6sc(-c7sc(-c8sccc8CCCCCCCC)cc7CCCCCCCC)cc6CCCCCCCC)cc5CCCCCCCC)cc4CCCCCCCC)cc3CCCCCCCC)cc2CCCCCCCC)sc1Cl. The fourth-order valence-corrected chi connectivity index (χ4v) is 26.3. The normalized spacial score (nSPS) is 11.9. The first-order chi connectivity index (χ1) is 51.7. The van der Waals surface area contributed by atoms with Crippen molar-refractivity contribution in [1.82, 2.24) is 0 Å². The van der Waals surface area contributed by atoms with Crippen LogP contribution in [0.4, 0.5) is 0 Å². The summed E-state index contributed by atoms with van der Waals surface area (Å²) in [6.45, 7) is 18.8. The summed E-state index contributed by atoms with van der Waals surface area (Å²) in [5, 5.41) is 2.40. The summed E-state index contributed by atoms with van der Waals surface area (Å²) in [5.41, 5.74) is 12.6. The molecule has 0 amide bonds. The van der Waals surface area contributed by atoms with E-state index in [2.05, 4.69) is 177 Å². The summed E-state index contributed by atoms with van der Waals surface area (Å²) in [7, 11) is 0. The molecule has 0 bridgehead atoms. The van der Waals surface area contributed by atoms with Crippen LogP contribution in [0, 0.1) is 0 Å². The van der Waals surface area contributed by atoms with Crippen molar-refractivity contribution in [2.45, 2.75) is 415 Å². The number of rotatable bonds is 63. The van der Waals surface area contributed by atoms with Crippen LogP contribution in [0.25, 0.3) is 68.3 Å². The Bertz CT molecular complexity index is 3530. The van der Waals surface area contributed by atoms with Crippen molar-refractivity contribution >= 4 is 102 Å². The van der Waals surface area contributed by atoms with Gasteiger partial charge in [0.15, 0.2) is 0 Å². The molecule has 0 fully saturated rings. The summed E-state index contributed by atoms with van der Waals surface area (Å²) in [5.74, 6) is 0. The number of hydrogen-bond donors (Lipinski definition) is 0. The summed E-state index contributed by atoms with van der Waals surface area (Å²) in [6.07, 6.45) is 73.3. The number of unbranched alkanes of at least 4 members (excludes halogenated alkanes) is 40. The third-order valence-corrected chi connectivity index (χ3v) is 33.0. The first-order valence-electron chi connectivity index (χ1n) is 44.4. The Kier molecular flexibility index (Phi) is 44.6. The zero-order valence-electron chi connectivity index (χ0n) is 67.9. The average molecular weight is 1590 g/mol. The maximum absolute atomic E-state index is 7.30. The Balaban J connectivity index is 1.23. The van der Waals surface area contributed by atoms with Crippen molar-refractivity contribution < 1.29 is 0 Å². The molecule has 0 nitrogen and oxygen atoms in total. The standard InChI is InChI=1S/C96H145ClS8/c1-9-17-25-33-41-49-57-74-65-66-98-89(74)82-67-75(58-50-42-34-26-18-10-2)90(99-82)83-68-76(59-51-43-35-27-19-11-3)91(100-83)84-69-77(60-52-44-36-28-20-12-4)92(101-84)85-70-78(61-53-45-37-29-21-13-5)93(102-85)86-71-79(62-54-46-38-30-22-14-6)94(103-86)87-72-80(63-55-47-39-31-23-15-7)95(104-87)88-73-81(96(97)105-88)64-56-48-40-32-24-16-8/h65-73H,9-64H2,1-8H3. The van der Waals surface area contributed by atoms with Crippen LogP contribution in [0.5, 0.6) is 0 Å². The molecule has 8 heterocycles. The van der Waals surface area contributed by atoms with Gasteiger partial charge in [-0.15, -0.1) is 90.7 Å². The highest BCUT2D eigenvalue weighted by atomic mass is 35.5. The summed E-state index contributed by atoms with van der Waals surface area (Å²) < 4.78 is 1.02. The van der Waals surface area contributed by atoms with Gasteiger partial charge in [-0.05, 0) is 201 Å². The van der Waals surface area contributed by atoms with Crippen LogP contribution in [0.1, 0.15) is 408 Å². The van der Waals surface area contributed by atoms with E-state index in [4.69, 9.17) is 11.6 Å². The molecule has 0 spiro atoms. The van der Waals surface area contributed by atoms with Gasteiger partial charge in [0.05, 0.1) is 4.34 Å². The molecule has 0 N–H and O–H groups in total. The van der Waals surface area contributed by atoms with E-state index in [0.29, 0.717) is 0 Å². The van der Waals surface area contributed by atoms with Crippen LogP contribution >= 0.6 is 102 Å². The Morgan fingerprint density at radius 1 is 0.190 bits per heavy atom. The molecule has 0 saturated carbocycles. The van der Waals surface area contributed by atoms with Gasteiger partial charge in [-0.1, -0.05) is 324 Å². The van der Waals surface area contributed by atoms with Gasteiger partial charge in [-0.3, -0.25) is 0 Å². The second kappa shape index (κ2) is 53.0. The number of halogens is 1. The Morgan fingerprint density at radius 3 is 0.590 bits per heavy atom. The van der Waals surface area contributed by atoms with Crippen LogP contribution in [-0.2, 0) is 51.4 Å². The lowest BCUT2D eigenvalue weighted by Crippen LogP contribution is -1.88. The maximum Gasteiger partial charge on any atom is 0.0967 e. The van der Waals surface area contributed by atoms with E-state index in [9.17, 15) is 0 Å². The number of hydrogen-bond acceptors (Lipinski definition) is 8. The molecule has 0 aromatic carbocycles. The molecule has 8 aromatic heterocycles. The summed E-state index contributed by atoms with van der Waals surface area (Å²) in [6, 6.07) is 21.4. The largest absolute Gasteiger partial charge is 0.143 e. The molecule has 8 aromatic rings. The second-order valence-electron chi connectivity index (χ2n) is 31.6. The van der Waals surface area contributed by atoms with Crippen LogP contribution in [-0.4, -0.2) is 0 Å². The Morgan fingerprint density at radius 2 is 0.362 bits per heavy atom. The van der Waals surface area contributed by atoms with Crippen molar-refractivity contribution in [2.75, 3.05) is 0 Å². The quantitative estimate of drug-likeness (QED) is 0.0333. The zero-order chi connectivity index (χ0) is 73.9. The van der Waals surface area contributed by atoms with Crippen LogP contribution < -0.4 is 0 Å². The molecule has 105 heavy (non-hydrogen) atoms. The summed E-state index contributed by atoms with van der Waals surface area (Å²) >= 11 is 24.1. The van der Waals surface area contributed by atoms with E-state index < -0.39 is 0 Å². The second-order valence-corrected chi connectivity index (χ2v) is 40.5. The van der Waals surface area contributed by atoms with Crippen LogP contribution in [0.2, 0.25) is 4.34 Å². The minimum absolute atomic E-state index is 1.02. The lowest BCUT2D eigenvalue weighted by Gasteiger charge is -2.03. The molecule has 584 valence electrons. The molecule has 9 heteroatoms. The smallest absolute Gasteiger partial charge is 0.0967 e. The third kappa shape index (κ3) is 30.1. The maximum atomic E-state index is 7.30. The van der Waals surface area contributed by atoms with E-state index in [1.165, 1.54) is 391 Å². The highest BCUT2D eigenvalue weighted by molar-refractivity contribution is 7.32. The molecule has 0 aliphatic rings. The van der Waals surface area contributed by atoms with Gasteiger partial charge in [0.25, 0.3) is 0 Å². The highest BCUT2D eigenvalue weighted by Gasteiger charge is 2.27. The molecule has 0 unspecified atom stereocenters. The molecule has 0 aliphatic carbocycles. The molecular formula is C96H145ClS8. The molecule has 8 rings (SSSR count). The van der Waals surface area contributed by atoms with Gasteiger partial charge in [0.1, 0.15) is 0 Å². The van der Waals surface area contributed by atoms with Gasteiger partial charge in [-0.25, -0.2) is 0 Å². The van der Waals surface area contributed by atoms with E-state index >= 15 is 0 Å². The van der Waals surface area contributed by atoms with E-state index in [1.807, 2.05) is 22.7 Å². The molecular weight excluding hydrogens is 1450 g/mol. The fraction of sp³-hybridized carbons (Fsp3) is 0.667. The molecule has 0 saturated heterocycles. The predicted molar refractivity (Wildman–Crippen MR) is 489 cm³/mol. The minimum Gasteiger partial charge on any atom is -0.143 e. The van der Waals surface area contributed by atoms with Gasteiger partial charge in [-0.2, -0.15) is 0 Å². The zero-order valence-corrected chi connectivity index (χ0v) is 75.2. The van der Waals surface area contributed by atoms with Gasteiger partial charge in [0, 0.05) is 68.3 Å². The average Bonchev–Trinajstić information content (AvgIpc) is 1.62. The number of thiophene rings is 8.